The van der Waals surface area contributed by atoms with Crippen LogP contribution in [0.5, 0.6) is 0 Å². The van der Waals surface area contributed by atoms with Crippen LogP contribution in [0.4, 0.5) is 0 Å². The Balaban J connectivity index is 3.07. The topological polar surface area (TPSA) is 67.2 Å². The van der Waals surface area contributed by atoms with Gasteiger partial charge in [0.1, 0.15) is 6.07 Å². The Morgan fingerprint density at radius 1 is 1.20 bits per heavy atom. The monoisotopic (exact) mass is 271 g/mol. The zero-order chi connectivity index (χ0) is 15.3. The number of nitriles is 1. The fourth-order valence-electron chi connectivity index (χ4n) is 1.55. The lowest BCUT2D eigenvalue weighted by molar-refractivity contribution is -0.121. The number of allylic oxidation sites excluding steroid dienone is 1. The fourth-order valence-corrected chi connectivity index (χ4v) is 1.55. The summed E-state index contributed by atoms with van der Waals surface area (Å²) in [6.07, 6.45) is 1.52. The van der Waals surface area contributed by atoms with Gasteiger partial charge in [-0.1, -0.05) is 32.9 Å². The zero-order valence-corrected chi connectivity index (χ0v) is 12.1. The molecule has 0 heterocycles. The summed E-state index contributed by atoms with van der Waals surface area (Å²) < 4.78 is 4.60. The molecule has 4 heteroatoms. The molecule has 0 aliphatic heterocycles. The normalized spacial score (nSPS) is 11.7. The molecule has 20 heavy (non-hydrogen) atoms. The van der Waals surface area contributed by atoms with Crippen LogP contribution < -0.4 is 0 Å². The van der Waals surface area contributed by atoms with Crippen LogP contribution in [-0.2, 0) is 9.53 Å². The maximum absolute atomic E-state index is 12.1. The van der Waals surface area contributed by atoms with Crippen LogP contribution in [0.3, 0.4) is 0 Å². The van der Waals surface area contributed by atoms with E-state index in [4.69, 9.17) is 5.26 Å². The molecule has 0 unspecified atom stereocenters. The third-order valence-electron chi connectivity index (χ3n) is 2.69. The van der Waals surface area contributed by atoms with Crippen LogP contribution in [-0.4, -0.2) is 18.9 Å². The van der Waals surface area contributed by atoms with E-state index in [-0.39, 0.29) is 11.4 Å². The molecule has 1 aromatic rings. The SMILES string of the molecule is COC(=O)c1ccc(C=C(C#N)C(=O)C(C)(C)C)cc1. The quantitative estimate of drug-likeness (QED) is 0.481. The second-order valence-electron chi connectivity index (χ2n) is 5.36. The number of ketones is 1. The number of carbonyl (C=O) groups is 2. The molecule has 1 rings (SSSR count). The van der Waals surface area contributed by atoms with Crippen LogP contribution in [0.1, 0.15) is 36.7 Å². The molecular weight excluding hydrogens is 254 g/mol. The van der Waals surface area contributed by atoms with Gasteiger partial charge in [-0.2, -0.15) is 5.26 Å². The number of Topliss-reactive ketones (excluding diaryl/α,β-unsaturated/α-hetero) is 1. The molecule has 1 aromatic carbocycles. The molecule has 0 N–H and O–H groups in total. The van der Waals surface area contributed by atoms with Gasteiger partial charge in [0.05, 0.1) is 18.2 Å². The molecule has 0 atom stereocenters. The molecule has 0 spiro atoms. The van der Waals surface area contributed by atoms with Crippen LogP contribution in [0.2, 0.25) is 0 Å². The van der Waals surface area contributed by atoms with E-state index >= 15 is 0 Å². The number of benzene rings is 1. The molecular formula is C16H17NO3. The van der Waals surface area contributed by atoms with Crippen molar-refractivity contribution in [2.45, 2.75) is 20.8 Å². The second kappa shape index (κ2) is 6.16. The molecule has 0 bridgehead atoms. The number of ether oxygens (including phenoxy) is 1. The Hall–Kier alpha value is -2.41. The predicted octanol–water partition coefficient (Wildman–Crippen LogP) is 3.00. The molecule has 104 valence electrons. The minimum atomic E-state index is -0.604. The van der Waals surface area contributed by atoms with Crippen molar-refractivity contribution in [2.75, 3.05) is 7.11 Å². The van der Waals surface area contributed by atoms with Crippen molar-refractivity contribution in [3.8, 4) is 6.07 Å². The summed E-state index contributed by atoms with van der Waals surface area (Å²) in [6.45, 7) is 5.29. The maximum atomic E-state index is 12.1. The molecule has 0 amide bonds. The lowest BCUT2D eigenvalue weighted by Gasteiger charge is -2.15. The summed E-state index contributed by atoms with van der Waals surface area (Å²) in [4.78, 5) is 23.4. The van der Waals surface area contributed by atoms with Gasteiger partial charge in [-0.15, -0.1) is 0 Å². The first-order chi connectivity index (χ1) is 9.29. The molecule has 0 saturated carbocycles. The lowest BCUT2D eigenvalue weighted by Crippen LogP contribution is -2.21. The summed E-state index contributed by atoms with van der Waals surface area (Å²) in [5.41, 5.74) is 0.605. The average Bonchev–Trinajstić information content (AvgIpc) is 2.42. The number of esters is 1. The highest BCUT2D eigenvalue weighted by molar-refractivity contribution is 6.06. The molecule has 0 aliphatic rings. The maximum Gasteiger partial charge on any atom is 0.337 e. The van der Waals surface area contributed by atoms with Gasteiger partial charge in [0.2, 0.25) is 0 Å². The Bertz CT molecular complexity index is 584. The van der Waals surface area contributed by atoms with Gasteiger partial charge in [0.15, 0.2) is 5.78 Å². The molecule has 0 radical (unpaired) electrons. The largest absolute Gasteiger partial charge is 0.465 e. The number of hydrogen-bond donors (Lipinski definition) is 0. The third kappa shape index (κ3) is 3.79. The minimum Gasteiger partial charge on any atom is -0.465 e. The zero-order valence-electron chi connectivity index (χ0n) is 12.1. The van der Waals surface area contributed by atoms with E-state index < -0.39 is 11.4 Å². The van der Waals surface area contributed by atoms with E-state index in [0.717, 1.165) is 0 Å². The number of carbonyl (C=O) groups excluding carboxylic acids is 2. The van der Waals surface area contributed by atoms with Gasteiger partial charge in [-0.05, 0) is 23.8 Å². The van der Waals surface area contributed by atoms with Crippen molar-refractivity contribution in [3.63, 3.8) is 0 Å². The van der Waals surface area contributed by atoms with Crippen molar-refractivity contribution in [1.82, 2.24) is 0 Å². The highest BCUT2D eigenvalue weighted by Gasteiger charge is 2.24. The summed E-state index contributed by atoms with van der Waals surface area (Å²) in [6, 6.07) is 8.44. The Kier molecular flexibility index (Phi) is 4.82. The van der Waals surface area contributed by atoms with Crippen molar-refractivity contribution < 1.29 is 14.3 Å². The van der Waals surface area contributed by atoms with Crippen molar-refractivity contribution in [2.24, 2.45) is 5.41 Å². The Morgan fingerprint density at radius 2 is 1.75 bits per heavy atom. The second-order valence-corrected chi connectivity index (χ2v) is 5.36. The number of hydrogen-bond acceptors (Lipinski definition) is 4. The molecule has 0 saturated heterocycles. The van der Waals surface area contributed by atoms with E-state index in [2.05, 4.69) is 4.74 Å². The minimum absolute atomic E-state index is 0.100. The number of methoxy groups -OCH3 is 1. The summed E-state index contributed by atoms with van der Waals surface area (Å²) >= 11 is 0. The first kappa shape index (κ1) is 15.6. The Morgan fingerprint density at radius 3 is 2.15 bits per heavy atom. The average molecular weight is 271 g/mol. The van der Waals surface area contributed by atoms with Crippen LogP contribution in [0.15, 0.2) is 29.8 Å². The van der Waals surface area contributed by atoms with Crippen LogP contribution in [0, 0.1) is 16.7 Å². The van der Waals surface area contributed by atoms with E-state index in [1.54, 1.807) is 45.0 Å². The Labute approximate surface area is 118 Å². The van der Waals surface area contributed by atoms with Gasteiger partial charge in [-0.25, -0.2) is 4.79 Å². The van der Waals surface area contributed by atoms with Crippen molar-refractivity contribution in [1.29, 1.82) is 5.26 Å². The first-order valence-electron chi connectivity index (χ1n) is 6.14. The van der Waals surface area contributed by atoms with Crippen molar-refractivity contribution in [3.05, 3.63) is 41.0 Å². The van der Waals surface area contributed by atoms with Gasteiger partial charge >= 0.3 is 5.97 Å². The van der Waals surface area contributed by atoms with E-state index in [9.17, 15) is 9.59 Å². The van der Waals surface area contributed by atoms with Crippen molar-refractivity contribution >= 4 is 17.8 Å². The van der Waals surface area contributed by atoms with Crippen LogP contribution in [0.25, 0.3) is 6.08 Å². The molecule has 0 fully saturated rings. The van der Waals surface area contributed by atoms with Gasteiger partial charge < -0.3 is 4.74 Å². The van der Waals surface area contributed by atoms with Crippen LogP contribution >= 0.6 is 0 Å². The highest BCUT2D eigenvalue weighted by Crippen LogP contribution is 2.21. The standard InChI is InChI=1S/C16H17NO3/c1-16(2,3)14(18)13(10-17)9-11-5-7-12(8-6-11)15(19)20-4/h5-9H,1-4H3. The van der Waals surface area contributed by atoms with E-state index in [1.807, 2.05) is 6.07 Å². The van der Waals surface area contributed by atoms with Gasteiger partial charge in [0, 0.05) is 5.41 Å². The summed E-state index contributed by atoms with van der Waals surface area (Å²) in [5, 5.41) is 9.09. The highest BCUT2D eigenvalue weighted by atomic mass is 16.5. The third-order valence-corrected chi connectivity index (χ3v) is 2.69. The molecule has 4 nitrogen and oxygen atoms in total. The smallest absolute Gasteiger partial charge is 0.337 e. The van der Waals surface area contributed by atoms with E-state index in [0.29, 0.717) is 11.1 Å². The summed E-state index contributed by atoms with van der Waals surface area (Å²) in [5.74, 6) is -0.635. The number of nitrogens with zero attached hydrogens (tertiary/aromatic N) is 1. The molecule has 0 aromatic heterocycles. The molecule has 0 aliphatic carbocycles. The predicted molar refractivity (Wildman–Crippen MR) is 75.8 cm³/mol. The van der Waals surface area contributed by atoms with Gasteiger partial charge in [0.25, 0.3) is 0 Å². The van der Waals surface area contributed by atoms with E-state index in [1.165, 1.54) is 13.2 Å². The van der Waals surface area contributed by atoms with Gasteiger partial charge in [-0.3, -0.25) is 4.79 Å². The summed E-state index contributed by atoms with van der Waals surface area (Å²) in [7, 11) is 1.31. The first-order valence-corrected chi connectivity index (χ1v) is 6.14. The lowest BCUT2D eigenvalue weighted by atomic mass is 9.86. The fraction of sp³-hybridized carbons (Fsp3) is 0.312. The number of rotatable bonds is 3.